The Kier molecular flexibility index (Phi) is 5.55. The number of carbonyl (C=O) groups excluding carboxylic acids is 2. The third-order valence-corrected chi connectivity index (χ3v) is 6.57. The van der Waals surface area contributed by atoms with Crippen LogP contribution in [0.3, 0.4) is 0 Å². The van der Waals surface area contributed by atoms with E-state index in [1.165, 1.54) is 16.9 Å². The van der Waals surface area contributed by atoms with Crippen molar-refractivity contribution in [2.24, 2.45) is 0 Å². The van der Waals surface area contributed by atoms with Gasteiger partial charge in [-0.1, -0.05) is 42.5 Å². The van der Waals surface area contributed by atoms with Crippen LogP contribution in [-0.2, 0) is 11.3 Å². The van der Waals surface area contributed by atoms with Gasteiger partial charge >= 0.3 is 0 Å². The fourth-order valence-corrected chi connectivity index (χ4v) is 5.00. The quantitative estimate of drug-likeness (QED) is 0.682. The van der Waals surface area contributed by atoms with E-state index in [1.54, 1.807) is 10.3 Å². The lowest BCUT2D eigenvalue weighted by Crippen LogP contribution is -2.49. The summed E-state index contributed by atoms with van der Waals surface area (Å²) in [5.74, 6) is -0.186. The molecule has 0 radical (unpaired) electrons. The molecule has 2 amide bonds. The van der Waals surface area contributed by atoms with Crippen molar-refractivity contribution in [3.05, 3.63) is 76.5 Å². The van der Waals surface area contributed by atoms with Crippen LogP contribution in [0.2, 0.25) is 0 Å². The Hall–Kier alpha value is -3.00. The van der Waals surface area contributed by atoms with Crippen LogP contribution >= 0.6 is 11.3 Å². The van der Waals surface area contributed by atoms with Gasteiger partial charge in [-0.2, -0.15) is 0 Å². The highest BCUT2D eigenvalue weighted by molar-refractivity contribution is 7.08. The number of piperazine rings is 1. The molecule has 2 aromatic carbocycles. The smallest absolute Gasteiger partial charge is 0.258 e. The number of fused-ring (bicyclic) bond motifs is 2. The Morgan fingerprint density at radius 2 is 1.58 bits per heavy atom. The second kappa shape index (κ2) is 8.63. The highest BCUT2D eigenvalue weighted by Crippen LogP contribution is 2.39. The van der Waals surface area contributed by atoms with Crippen LogP contribution in [0.25, 0.3) is 0 Å². The maximum Gasteiger partial charge on any atom is 0.258 e. The lowest BCUT2D eigenvalue weighted by atomic mass is 10.2. The van der Waals surface area contributed by atoms with Crippen LogP contribution in [0.1, 0.15) is 15.9 Å². The molecule has 3 aromatic rings. The van der Waals surface area contributed by atoms with E-state index in [9.17, 15) is 9.59 Å². The second-order valence-electron chi connectivity index (χ2n) is 7.91. The van der Waals surface area contributed by atoms with Gasteiger partial charge in [-0.3, -0.25) is 24.3 Å². The fraction of sp³-hybridized carbons (Fsp3) is 0.250. The summed E-state index contributed by atoms with van der Waals surface area (Å²) in [5.41, 5.74) is 3.91. The van der Waals surface area contributed by atoms with Gasteiger partial charge in [0.25, 0.3) is 5.91 Å². The molecular weight excluding hydrogens is 408 g/mol. The number of amides is 2. The summed E-state index contributed by atoms with van der Waals surface area (Å²) in [7, 11) is 0. The molecule has 0 unspecified atom stereocenters. The number of hydrogen-bond donors (Lipinski definition) is 1. The van der Waals surface area contributed by atoms with Crippen molar-refractivity contribution in [2.45, 2.75) is 6.54 Å². The van der Waals surface area contributed by atoms with Gasteiger partial charge in [0.2, 0.25) is 5.91 Å². The molecule has 0 aliphatic carbocycles. The molecule has 1 saturated heterocycles. The van der Waals surface area contributed by atoms with Crippen LogP contribution in [0.4, 0.5) is 17.1 Å². The predicted molar refractivity (Wildman–Crippen MR) is 124 cm³/mol. The van der Waals surface area contributed by atoms with Crippen molar-refractivity contribution in [1.29, 1.82) is 0 Å². The van der Waals surface area contributed by atoms with Gasteiger partial charge in [0.15, 0.2) is 0 Å². The molecule has 1 fully saturated rings. The highest BCUT2D eigenvalue weighted by Gasteiger charge is 2.31. The Morgan fingerprint density at radius 3 is 2.39 bits per heavy atom. The number of carbonyl (C=O) groups is 2. The van der Waals surface area contributed by atoms with Gasteiger partial charge in [0.05, 0.1) is 29.2 Å². The molecule has 2 aliphatic rings. The van der Waals surface area contributed by atoms with E-state index in [1.807, 2.05) is 35.7 Å². The lowest BCUT2D eigenvalue weighted by Gasteiger charge is -2.35. The van der Waals surface area contributed by atoms with E-state index >= 15 is 0 Å². The Balaban J connectivity index is 1.29. The van der Waals surface area contributed by atoms with Crippen LogP contribution in [0.15, 0.2) is 65.4 Å². The molecule has 31 heavy (non-hydrogen) atoms. The summed E-state index contributed by atoms with van der Waals surface area (Å²) in [6.07, 6.45) is 0. The van der Waals surface area contributed by atoms with Crippen molar-refractivity contribution in [3.8, 4) is 0 Å². The minimum atomic E-state index is -0.173. The number of thiophene rings is 1. The van der Waals surface area contributed by atoms with Gasteiger partial charge in [-0.05, 0) is 17.7 Å². The van der Waals surface area contributed by atoms with Crippen LogP contribution < -0.4 is 10.2 Å². The van der Waals surface area contributed by atoms with Gasteiger partial charge in [0, 0.05) is 43.5 Å². The number of para-hydroxylation sites is 2. The first kappa shape index (κ1) is 19.9. The summed E-state index contributed by atoms with van der Waals surface area (Å²) < 4.78 is 0. The van der Waals surface area contributed by atoms with E-state index < -0.39 is 0 Å². The molecule has 5 rings (SSSR count). The first-order valence-electron chi connectivity index (χ1n) is 10.5. The predicted octanol–water partition coefficient (Wildman–Crippen LogP) is 3.80. The SMILES string of the molecule is O=C1Nc2ccccc2N(C(=O)CN2CCN(Cc3ccccc3)CC2)c2cscc21. The topological polar surface area (TPSA) is 55.9 Å². The fourth-order valence-electron chi connectivity index (χ4n) is 4.20. The number of hydrogen-bond acceptors (Lipinski definition) is 5. The molecule has 0 saturated carbocycles. The molecule has 158 valence electrons. The summed E-state index contributed by atoms with van der Waals surface area (Å²) in [6.45, 7) is 4.83. The Labute approximate surface area is 185 Å². The average Bonchev–Trinajstić information content (AvgIpc) is 3.23. The average molecular weight is 433 g/mol. The first-order chi connectivity index (χ1) is 15.2. The van der Waals surface area contributed by atoms with Gasteiger partial charge in [-0.15, -0.1) is 11.3 Å². The minimum Gasteiger partial charge on any atom is -0.320 e. The van der Waals surface area contributed by atoms with Crippen molar-refractivity contribution < 1.29 is 9.59 Å². The number of anilines is 3. The Bertz CT molecular complexity index is 1090. The number of nitrogens with one attached hydrogen (secondary N) is 1. The second-order valence-corrected chi connectivity index (χ2v) is 8.65. The summed E-state index contributed by atoms with van der Waals surface area (Å²) >= 11 is 1.44. The van der Waals surface area contributed by atoms with Crippen molar-refractivity contribution in [3.63, 3.8) is 0 Å². The zero-order chi connectivity index (χ0) is 21.2. The normalized spacial score (nSPS) is 16.9. The number of benzene rings is 2. The maximum absolute atomic E-state index is 13.5. The molecule has 1 N–H and O–H groups in total. The largest absolute Gasteiger partial charge is 0.320 e. The first-order valence-corrected chi connectivity index (χ1v) is 11.4. The Morgan fingerprint density at radius 1 is 0.871 bits per heavy atom. The minimum absolute atomic E-state index is 0.0138. The van der Waals surface area contributed by atoms with Crippen LogP contribution in [0.5, 0.6) is 0 Å². The van der Waals surface area contributed by atoms with Gasteiger partial charge in [0.1, 0.15) is 0 Å². The summed E-state index contributed by atoms with van der Waals surface area (Å²) in [4.78, 5) is 32.4. The molecule has 3 heterocycles. The molecule has 1 aromatic heterocycles. The van der Waals surface area contributed by atoms with E-state index in [4.69, 9.17) is 0 Å². The molecule has 0 spiro atoms. The zero-order valence-electron chi connectivity index (χ0n) is 17.2. The van der Waals surface area contributed by atoms with Crippen LogP contribution in [0, 0.1) is 0 Å². The third-order valence-electron chi connectivity index (χ3n) is 5.84. The van der Waals surface area contributed by atoms with Crippen molar-refractivity contribution in [1.82, 2.24) is 9.80 Å². The molecular formula is C24H24N4O2S. The van der Waals surface area contributed by atoms with Gasteiger partial charge < -0.3 is 5.32 Å². The molecule has 7 heteroatoms. The molecule has 6 nitrogen and oxygen atoms in total. The third kappa shape index (κ3) is 4.12. The highest BCUT2D eigenvalue weighted by atomic mass is 32.1. The van der Waals surface area contributed by atoms with E-state index in [0.29, 0.717) is 23.5 Å². The van der Waals surface area contributed by atoms with Gasteiger partial charge in [-0.25, -0.2) is 0 Å². The number of rotatable bonds is 4. The lowest BCUT2D eigenvalue weighted by molar-refractivity contribution is -0.119. The van der Waals surface area contributed by atoms with Crippen LogP contribution in [-0.4, -0.2) is 54.3 Å². The maximum atomic E-state index is 13.5. The van der Waals surface area contributed by atoms with E-state index in [-0.39, 0.29) is 11.8 Å². The van der Waals surface area contributed by atoms with Crippen molar-refractivity contribution in [2.75, 3.05) is 42.9 Å². The molecule has 0 atom stereocenters. The standard InChI is InChI=1S/C24H24N4O2S/c29-23(15-27-12-10-26(11-13-27)14-18-6-2-1-3-7-18)28-21-9-5-4-8-20(21)25-24(30)19-16-31-17-22(19)28/h1-9,16-17H,10-15H2,(H,25,30). The van der Waals surface area contributed by atoms with E-state index in [2.05, 4.69) is 39.4 Å². The molecule has 2 aliphatic heterocycles. The summed E-state index contributed by atoms with van der Waals surface area (Å²) in [6, 6.07) is 18.0. The zero-order valence-corrected chi connectivity index (χ0v) is 18.0. The monoisotopic (exact) mass is 432 g/mol. The van der Waals surface area contributed by atoms with E-state index in [0.717, 1.165) is 38.4 Å². The molecule has 0 bridgehead atoms. The van der Waals surface area contributed by atoms with Crippen molar-refractivity contribution >= 4 is 40.2 Å². The summed E-state index contributed by atoms with van der Waals surface area (Å²) in [5, 5.41) is 6.62. The number of nitrogens with zero attached hydrogens (tertiary/aromatic N) is 3.